The average molecular weight is 616 g/mol. The van der Waals surface area contributed by atoms with Crippen molar-refractivity contribution in [3.05, 3.63) is 83.9 Å². The number of likely N-dealkylation sites (N-methyl/N-ethyl adjacent to an activating group) is 2. The van der Waals surface area contributed by atoms with Crippen molar-refractivity contribution < 1.29 is 29.0 Å². The summed E-state index contributed by atoms with van der Waals surface area (Å²) in [6, 6.07) is 21.0. The predicted octanol–water partition coefficient (Wildman–Crippen LogP) is 5.84. The number of benzene rings is 3. The fourth-order valence-corrected chi connectivity index (χ4v) is 5.84. The Kier molecular flexibility index (Phi) is 11.0. The number of hydrogen-bond acceptors (Lipinski definition) is 5. The molecule has 1 aliphatic rings. The molecule has 1 fully saturated rings. The van der Waals surface area contributed by atoms with Crippen LogP contribution in [0.2, 0.25) is 0 Å². The van der Waals surface area contributed by atoms with Gasteiger partial charge in [-0.3, -0.25) is 9.59 Å². The zero-order valence-corrected chi connectivity index (χ0v) is 26.4. The van der Waals surface area contributed by atoms with E-state index in [9.17, 15) is 24.3 Å². The SMILES string of the molecule is Cc1cccc(N(C)C(=O)COc2ccccc2[N+](C)(C(=O)CNC(=O)Nc2cccc(C(C)C(=O)O)c2)C2CCCCC2)c1. The van der Waals surface area contributed by atoms with Crippen LogP contribution in [0.3, 0.4) is 0 Å². The van der Waals surface area contributed by atoms with Crippen LogP contribution >= 0.6 is 0 Å². The number of nitrogens with zero attached hydrogens (tertiary/aromatic N) is 2. The summed E-state index contributed by atoms with van der Waals surface area (Å²) < 4.78 is 6.03. The topological polar surface area (TPSA) is 125 Å². The number of hydrogen-bond donors (Lipinski definition) is 3. The molecule has 4 amide bonds. The number of carbonyl (C=O) groups excluding carboxylic acids is 3. The molecule has 10 nitrogen and oxygen atoms in total. The third-order valence-electron chi connectivity index (χ3n) is 8.72. The van der Waals surface area contributed by atoms with E-state index in [-0.39, 0.29) is 35.5 Å². The highest BCUT2D eigenvalue weighted by molar-refractivity contribution is 5.97. The second-order valence-electron chi connectivity index (χ2n) is 11.8. The molecule has 3 aromatic rings. The second kappa shape index (κ2) is 14.9. The van der Waals surface area contributed by atoms with Gasteiger partial charge in [0, 0.05) is 37.3 Å². The molecule has 1 aliphatic carbocycles. The lowest BCUT2D eigenvalue weighted by Gasteiger charge is -2.41. The van der Waals surface area contributed by atoms with E-state index < -0.39 is 17.9 Å². The van der Waals surface area contributed by atoms with Gasteiger partial charge >= 0.3 is 17.9 Å². The first kappa shape index (κ1) is 33.2. The molecule has 0 aliphatic heterocycles. The first-order valence-electron chi connectivity index (χ1n) is 15.3. The van der Waals surface area contributed by atoms with E-state index in [1.54, 1.807) is 49.2 Å². The molecule has 0 aromatic heterocycles. The summed E-state index contributed by atoms with van der Waals surface area (Å²) >= 11 is 0. The quantitative estimate of drug-likeness (QED) is 0.233. The van der Waals surface area contributed by atoms with E-state index in [2.05, 4.69) is 10.6 Å². The molecule has 0 bridgehead atoms. The van der Waals surface area contributed by atoms with Crippen LogP contribution in [0.15, 0.2) is 72.8 Å². The maximum absolute atomic E-state index is 14.1. The van der Waals surface area contributed by atoms with Crippen molar-refractivity contribution in [2.24, 2.45) is 0 Å². The molecule has 4 rings (SSSR count). The molecule has 3 N–H and O–H groups in total. The molecule has 2 atom stereocenters. The number of para-hydroxylation sites is 2. The van der Waals surface area contributed by atoms with Crippen LogP contribution < -0.4 is 24.8 Å². The summed E-state index contributed by atoms with van der Waals surface area (Å²) in [5, 5.41) is 14.7. The summed E-state index contributed by atoms with van der Waals surface area (Å²) in [6.07, 6.45) is 4.77. The van der Waals surface area contributed by atoms with Crippen LogP contribution in [0.1, 0.15) is 56.1 Å². The Hall–Kier alpha value is -4.70. The van der Waals surface area contributed by atoms with Crippen LogP contribution in [0, 0.1) is 6.92 Å². The van der Waals surface area contributed by atoms with Gasteiger partial charge in [0.05, 0.1) is 13.0 Å². The van der Waals surface area contributed by atoms with Crippen molar-refractivity contribution in [3.8, 4) is 5.75 Å². The molecule has 10 heteroatoms. The van der Waals surface area contributed by atoms with Crippen molar-refractivity contribution >= 4 is 40.9 Å². The Morgan fingerprint density at radius 3 is 2.40 bits per heavy atom. The van der Waals surface area contributed by atoms with Gasteiger partial charge in [0.1, 0.15) is 12.6 Å². The van der Waals surface area contributed by atoms with Crippen LogP contribution in [0.4, 0.5) is 21.9 Å². The Morgan fingerprint density at radius 2 is 1.69 bits per heavy atom. The van der Waals surface area contributed by atoms with Crippen LogP contribution in [0.5, 0.6) is 5.75 Å². The minimum atomic E-state index is -0.964. The third kappa shape index (κ3) is 8.07. The Bertz CT molecular complexity index is 1540. The van der Waals surface area contributed by atoms with Gasteiger partial charge in [-0.1, -0.05) is 42.8 Å². The lowest BCUT2D eigenvalue weighted by atomic mass is 9.91. The number of nitrogens with one attached hydrogen (secondary N) is 2. The van der Waals surface area contributed by atoms with E-state index in [0.717, 1.165) is 43.4 Å². The van der Waals surface area contributed by atoms with Gasteiger partial charge in [0.25, 0.3) is 5.91 Å². The number of urea groups is 1. The molecule has 0 radical (unpaired) electrons. The summed E-state index contributed by atoms with van der Waals surface area (Å²) in [4.78, 5) is 53.0. The summed E-state index contributed by atoms with van der Waals surface area (Å²) in [5.41, 5.74) is 3.42. The van der Waals surface area contributed by atoms with Crippen molar-refractivity contribution in [1.29, 1.82) is 0 Å². The number of amides is 4. The highest BCUT2D eigenvalue weighted by Gasteiger charge is 2.44. The molecular formula is C35H43N4O6+. The van der Waals surface area contributed by atoms with Gasteiger partial charge in [0.2, 0.25) is 0 Å². The first-order chi connectivity index (χ1) is 21.5. The van der Waals surface area contributed by atoms with Gasteiger partial charge in [-0.05, 0) is 68.1 Å². The Labute approximate surface area is 264 Å². The van der Waals surface area contributed by atoms with E-state index in [1.807, 2.05) is 56.4 Å². The van der Waals surface area contributed by atoms with Gasteiger partial charge in [-0.2, -0.15) is 0 Å². The smallest absolute Gasteiger partial charge is 0.338 e. The van der Waals surface area contributed by atoms with Gasteiger partial charge in [0.15, 0.2) is 18.0 Å². The molecule has 3 aromatic carbocycles. The van der Waals surface area contributed by atoms with Crippen molar-refractivity contribution in [2.75, 3.05) is 37.5 Å². The molecular weight excluding hydrogens is 572 g/mol. The number of aryl methyl sites for hydroxylation is 1. The zero-order valence-electron chi connectivity index (χ0n) is 26.4. The Morgan fingerprint density at radius 1 is 0.978 bits per heavy atom. The monoisotopic (exact) mass is 615 g/mol. The summed E-state index contributed by atoms with van der Waals surface area (Å²) in [5.74, 6) is -1.70. The molecule has 0 saturated heterocycles. The highest BCUT2D eigenvalue weighted by Crippen LogP contribution is 2.39. The van der Waals surface area contributed by atoms with Gasteiger partial charge in [-0.25, -0.2) is 14.1 Å². The fourth-order valence-electron chi connectivity index (χ4n) is 5.84. The summed E-state index contributed by atoms with van der Waals surface area (Å²) in [6.45, 7) is 3.09. The third-order valence-corrected chi connectivity index (χ3v) is 8.72. The number of quaternary nitrogens is 1. The minimum Gasteiger partial charge on any atom is -0.481 e. The van der Waals surface area contributed by atoms with E-state index in [4.69, 9.17) is 4.74 Å². The molecule has 2 unspecified atom stereocenters. The minimum absolute atomic E-state index is 0.0271. The zero-order chi connectivity index (χ0) is 32.6. The number of rotatable bonds is 11. The number of ether oxygens (including phenoxy) is 1. The lowest BCUT2D eigenvalue weighted by Crippen LogP contribution is -2.61. The van der Waals surface area contributed by atoms with Crippen molar-refractivity contribution in [3.63, 3.8) is 0 Å². The van der Waals surface area contributed by atoms with Crippen LogP contribution in [-0.4, -0.2) is 62.2 Å². The molecule has 0 heterocycles. The number of carbonyl (C=O) groups is 4. The number of aliphatic carboxylic acids is 1. The fraction of sp³-hybridized carbons (Fsp3) is 0.371. The summed E-state index contributed by atoms with van der Waals surface area (Å²) in [7, 11) is 3.56. The maximum atomic E-state index is 14.1. The highest BCUT2D eigenvalue weighted by atomic mass is 16.5. The van der Waals surface area contributed by atoms with Gasteiger partial charge in [-0.15, -0.1) is 0 Å². The van der Waals surface area contributed by atoms with Crippen LogP contribution in [-0.2, 0) is 14.4 Å². The predicted molar refractivity (Wildman–Crippen MR) is 176 cm³/mol. The maximum Gasteiger partial charge on any atom is 0.338 e. The van der Waals surface area contributed by atoms with E-state index >= 15 is 0 Å². The first-order valence-corrected chi connectivity index (χ1v) is 15.3. The standard InChI is InChI=1S/C35H42N4O6/c1-24-12-10-15-28(20-24)38(3)32(40)23-45-31-19-9-8-18-30(31)39(4,29-16-6-5-7-17-29)33(41)22-36-35(44)37-27-14-11-13-26(21-27)25(2)34(42)43/h8-15,18-21,25,29H,5-7,16-17,22-23H2,1-4H3,(H2-,36,37,42,43,44)/p+1. The second-order valence-corrected chi connectivity index (χ2v) is 11.8. The number of carboxylic acids is 1. The van der Waals surface area contributed by atoms with Gasteiger partial charge < -0.3 is 25.4 Å². The van der Waals surface area contributed by atoms with E-state index in [1.165, 1.54) is 0 Å². The number of anilines is 2. The molecule has 0 spiro atoms. The van der Waals surface area contributed by atoms with Crippen LogP contribution in [0.25, 0.3) is 0 Å². The Balaban J connectivity index is 1.50. The lowest BCUT2D eigenvalue weighted by molar-refractivity contribution is -0.138. The average Bonchev–Trinajstić information content (AvgIpc) is 3.05. The largest absolute Gasteiger partial charge is 0.481 e. The van der Waals surface area contributed by atoms with Crippen molar-refractivity contribution in [2.45, 2.75) is 57.9 Å². The van der Waals surface area contributed by atoms with E-state index in [0.29, 0.717) is 22.7 Å². The number of carboxylic acid groups (broad SMARTS) is 1. The molecule has 45 heavy (non-hydrogen) atoms. The van der Waals surface area contributed by atoms with Crippen molar-refractivity contribution in [1.82, 2.24) is 9.80 Å². The molecule has 238 valence electrons. The normalized spacial score (nSPS) is 15.3. The molecule has 1 saturated carbocycles.